The van der Waals surface area contributed by atoms with E-state index in [0.717, 1.165) is 19.4 Å². The van der Waals surface area contributed by atoms with Crippen molar-refractivity contribution in [1.82, 2.24) is 4.90 Å². The maximum Gasteiger partial charge on any atom is 0.237 e. The van der Waals surface area contributed by atoms with E-state index in [0.29, 0.717) is 31.5 Å². The monoisotopic (exact) mass is 257 g/mol. The summed E-state index contributed by atoms with van der Waals surface area (Å²) in [6.45, 7) is 5.90. The van der Waals surface area contributed by atoms with Crippen LogP contribution in [0.1, 0.15) is 39.5 Å². The van der Waals surface area contributed by atoms with Crippen LogP contribution in [0, 0.1) is 0 Å². The zero-order chi connectivity index (χ0) is 13.8. The summed E-state index contributed by atoms with van der Waals surface area (Å²) in [5.41, 5.74) is 10.7. The molecule has 1 saturated carbocycles. The zero-order valence-corrected chi connectivity index (χ0v) is 11.8. The summed E-state index contributed by atoms with van der Waals surface area (Å²) in [4.78, 5) is 13.9. The first-order chi connectivity index (χ1) is 8.44. The van der Waals surface area contributed by atoms with Crippen molar-refractivity contribution in [2.24, 2.45) is 11.5 Å². The molecule has 0 saturated heterocycles. The number of hydrogen-bond acceptors (Lipinski definition) is 4. The van der Waals surface area contributed by atoms with Crippen molar-refractivity contribution >= 4 is 5.91 Å². The fourth-order valence-corrected chi connectivity index (χ4v) is 3.05. The van der Waals surface area contributed by atoms with Gasteiger partial charge >= 0.3 is 0 Å². The normalized spacial score (nSPS) is 30.4. The highest BCUT2D eigenvalue weighted by molar-refractivity contribution is 5.84. The third-order valence-corrected chi connectivity index (χ3v) is 4.06. The van der Waals surface area contributed by atoms with Crippen LogP contribution in [-0.2, 0) is 9.53 Å². The number of nitrogens with zero attached hydrogens (tertiary/aromatic N) is 1. The first kappa shape index (κ1) is 15.4. The average Bonchev–Trinajstić information content (AvgIpc) is 2.30. The Balaban J connectivity index is 2.72. The highest BCUT2D eigenvalue weighted by Crippen LogP contribution is 2.30. The lowest BCUT2D eigenvalue weighted by molar-refractivity contribution is -0.125. The van der Waals surface area contributed by atoms with Crippen molar-refractivity contribution in [1.29, 1.82) is 0 Å². The fourth-order valence-electron chi connectivity index (χ4n) is 3.05. The van der Waals surface area contributed by atoms with Gasteiger partial charge < -0.3 is 16.2 Å². The molecule has 4 N–H and O–H groups in total. The van der Waals surface area contributed by atoms with Crippen LogP contribution < -0.4 is 11.5 Å². The molecule has 0 aromatic heterocycles. The van der Waals surface area contributed by atoms with Crippen molar-refractivity contribution in [3.05, 3.63) is 0 Å². The van der Waals surface area contributed by atoms with E-state index in [1.54, 1.807) is 7.11 Å². The lowest BCUT2D eigenvalue weighted by atomic mass is 9.78. The molecule has 0 aromatic rings. The van der Waals surface area contributed by atoms with Gasteiger partial charge in [0, 0.05) is 19.2 Å². The molecule has 3 atom stereocenters. The molecule has 0 aromatic carbocycles. The molecule has 1 amide bonds. The minimum atomic E-state index is -0.830. The Morgan fingerprint density at radius 2 is 2.28 bits per heavy atom. The minimum absolute atomic E-state index is 0.325. The zero-order valence-electron chi connectivity index (χ0n) is 11.8. The van der Waals surface area contributed by atoms with Gasteiger partial charge in [0.2, 0.25) is 5.91 Å². The van der Waals surface area contributed by atoms with Crippen LogP contribution in [0.5, 0.6) is 0 Å². The van der Waals surface area contributed by atoms with E-state index in [4.69, 9.17) is 16.2 Å². The second-order valence-electron chi connectivity index (χ2n) is 5.41. The second kappa shape index (κ2) is 6.50. The van der Waals surface area contributed by atoms with Gasteiger partial charge in [-0.25, -0.2) is 0 Å². The van der Waals surface area contributed by atoms with Gasteiger partial charge in [-0.1, -0.05) is 6.92 Å². The summed E-state index contributed by atoms with van der Waals surface area (Å²) in [7, 11) is 1.71. The molecule has 0 radical (unpaired) electrons. The third kappa shape index (κ3) is 3.43. The van der Waals surface area contributed by atoms with E-state index in [1.807, 2.05) is 0 Å². The molecule has 1 aliphatic carbocycles. The Morgan fingerprint density at radius 1 is 1.61 bits per heavy atom. The van der Waals surface area contributed by atoms with Gasteiger partial charge in [-0.15, -0.1) is 0 Å². The predicted octanol–water partition coefficient (Wildman–Crippen LogP) is 0.469. The number of ether oxygens (including phenoxy) is 1. The topological polar surface area (TPSA) is 81.6 Å². The fraction of sp³-hybridized carbons (Fsp3) is 0.923. The first-order valence-electron chi connectivity index (χ1n) is 6.78. The number of carbonyl (C=O) groups excluding carboxylic acids is 1. The van der Waals surface area contributed by atoms with Crippen molar-refractivity contribution in [2.45, 2.75) is 57.2 Å². The van der Waals surface area contributed by atoms with Gasteiger partial charge in [-0.3, -0.25) is 9.69 Å². The molecular formula is C13H27N3O2. The Morgan fingerprint density at radius 3 is 2.78 bits per heavy atom. The number of rotatable bonds is 6. The summed E-state index contributed by atoms with van der Waals surface area (Å²) >= 11 is 0. The summed E-state index contributed by atoms with van der Waals surface area (Å²) in [5, 5.41) is 0. The first-order valence-corrected chi connectivity index (χ1v) is 6.78. The minimum Gasteiger partial charge on any atom is -0.383 e. The molecule has 1 rings (SSSR count). The van der Waals surface area contributed by atoms with Gasteiger partial charge in [0.15, 0.2) is 0 Å². The van der Waals surface area contributed by atoms with Gasteiger partial charge in [-0.2, -0.15) is 0 Å². The maximum atomic E-state index is 11.5. The van der Waals surface area contributed by atoms with Crippen LogP contribution >= 0.6 is 0 Å². The van der Waals surface area contributed by atoms with E-state index < -0.39 is 5.54 Å². The Bertz CT molecular complexity index is 285. The molecular weight excluding hydrogens is 230 g/mol. The lowest BCUT2D eigenvalue weighted by Gasteiger charge is -2.43. The van der Waals surface area contributed by atoms with Crippen LogP contribution in [-0.4, -0.2) is 48.7 Å². The van der Waals surface area contributed by atoms with E-state index in [2.05, 4.69) is 18.7 Å². The number of primary amides is 1. The molecule has 106 valence electrons. The van der Waals surface area contributed by atoms with Crippen LogP contribution in [0.4, 0.5) is 0 Å². The van der Waals surface area contributed by atoms with Gasteiger partial charge in [0.1, 0.15) is 0 Å². The van der Waals surface area contributed by atoms with E-state index >= 15 is 0 Å². The summed E-state index contributed by atoms with van der Waals surface area (Å²) in [6.07, 6.45) is 3.40. The molecule has 5 heteroatoms. The predicted molar refractivity (Wildman–Crippen MR) is 72.1 cm³/mol. The number of likely N-dealkylation sites (N-methyl/N-ethyl adjacent to an activating group) is 1. The van der Waals surface area contributed by atoms with Crippen LogP contribution in [0.15, 0.2) is 0 Å². The molecule has 1 fully saturated rings. The average molecular weight is 257 g/mol. The number of nitrogens with two attached hydrogens (primary N) is 2. The molecule has 0 spiro atoms. The standard InChI is InChI=1S/C13H27N3O2/c1-4-16(10(2)9-18-3)11-6-5-7-13(15,8-11)12(14)17/h10-11H,4-9,15H2,1-3H3,(H2,14,17). The van der Waals surface area contributed by atoms with Gasteiger partial charge in [0.05, 0.1) is 12.1 Å². The molecule has 0 aliphatic heterocycles. The van der Waals surface area contributed by atoms with Crippen LogP contribution in [0.2, 0.25) is 0 Å². The summed E-state index contributed by atoms with van der Waals surface area (Å²) in [5.74, 6) is -0.373. The molecule has 0 heterocycles. The highest BCUT2D eigenvalue weighted by Gasteiger charge is 2.40. The quantitative estimate of drug-likeness (QED) is 0.724. The SMILES string of the molecule is CCN(C(C)COC)C1CCCC(N)(C(N)=O)C1. The Hall–Kier alpha value is -0.650. The molecule has 3 unspecified atom stereocenters. The number of hydrogen-bond donors (Lipinski definition) is 2. The molecule has 1 aliphatic rings. The van der Waals surface area contributed by atoms with E-state index in [-0.39, 0.29) is 5.91 Å². The van der Waals surface area contributed by atoms with Gasteiger partial charge in [-0.05, 0) is 39.2 Å². The Kier molecular flexibility index (Phi) is 5.56. The molecule has 5 nitrogen and oxygen atoms in total. The van der Waals surface area contributed by atoms with Crippen molar-refractivity contribution < 1.29 is 9.53 Å². The smallest absolute Gasteiger partial charge is 0.237 e. The molecule has 0 bridgehead atoms. The third-order valence-electron chi connectivity index (χ3n) is 4.06. The van der Waals surface area contributed by atoms with E-state index in [1.165, 1.54) is 0 Å². The lowest BCUT2D eigenvalue weighted by Crippen LogP contribution is -2.59. The second-order valence-corrected chi connectivity index (χ2v) is 5.41. The molecule has 18 heavy (non-hydrogen) atoms. The van der Waals surface area contributed by atoms with Gasteiger partial charge in [0.25, 0.3) is 0 Å². The largest absolute Gasteiger partial charge is 0.383 e. The number of amides is 1. The number of carbonyl (C=O) groups is 1. The Labute approximate surface area is 110 Å². The van der Waals surface area contributed by atoms with Crippen molar-refractivity contribution in [3.63, 3.8) is 0 Å². The summed E-state index contributed by atoms with van der Waals surface area (Å²) < 4.78 is 5.21. The highest BCUT2D eigenvalue weighted by atomic mass is 16.5. The number of methoxy groups -OCH3 is 1. The van der Waals surface area contributed by atoms with Crippen molar-refractivity contribution in [2.75, 3.05) is 20.3 Å². The van der Waals surface area contributed by atoms with Crippen LogP contribution in [0.3, 0.4) is 0 Å². The van der Waals surface area contributed by atoms with Crippen molar-refractivity contribution in [3.8, 4) is 0 Å². The maximum absolute atomic E-state index is 11.5. The summed E-state index contributed by atoms with van der Waals surface area (Å²) in [6, 6.07) is 0.659. The van der Waals surface area contributed by atoms with E-state index in [9.17, 15) is 4.79 Å². The van der Waals surface area contributed by atoms with Crippen LogP contribution in [0.25, 0.3) is 0 Å².